The molecule has 5 heteroatoms. The summed E-state index contributed by atoms with van der Waals surface area (Å²) in [6.45, 7) is 1.77. The Bertz CT molecular complexity index is 600. The number of rotatable bonds is 2. The second-order valence-electron chi connectivity index (χ2n) is 4.57. The number of hydrogen-bond donors (Lipinski definition) is 1. The van der Waals surface area contributed by atoms with Crippen molar-refractivity contribution in [1.82, 2.24) is 9.97 Å². The molecule has 3 rings (SSSR count). The largest absolute Gasteiger partial charge is 0.481 e. The van der Waals surface area contributed by atoms with E-state index >= 15 is 0 Å². The Morgan fingerprint density at radius 2 is 2.00 bits per heavy atom. The summed E-state index contributed by atoms with van der Waals surface area (Å²) in [4.78, 5) is 10.5. The first kappa shape index (κ1) is 11.8. The average molecular weight is 256 g/mol. The molecule has 2 N–H and O–H groups in total. The Morgan fingerprint density at radius 3 is 2.79 bits per heavy atom. The van der Waals surface area contributed by atoms with Gasteiger partial charge in [-0.1, -0.05) is 24.3 Å². The van der Waals surface area contributed by atoms with Crippen molar-refractivity contribution in [3.8, 4) is 5.88 Å². The third-order valence-electron chi connectivity index (χ3n) is 3.37. The molecule has 0 saturated carbocycles. The first-order valence-electron chi connectivity index (χ1n) is 6.26. The normalized spacial score (nSPS) is 14.1. The van der Waals surface area contributed by atoms with E-state index < -0.39 is 0 Å². The summed E-state index contributed by atoms with van der Waals surface area (Å²) in [7, 11) is 1.58. The Balaban J connectivity index is 1.90. The predicted molar refractivity (Wildman–Crippen MR) is 74.2 cm³/mol. The van der Waals surface area contributed by atoms with Crippen molar-refractivity contribution in [2.45, 2.75) is 13.0 Å². The summed E-state index contributed by atoms with van der Waals surface area (Å²) in [5.74, 6) is 1.56. The van der Waals surface area contributed by atoms with Gasteiger partial charge >= 0.3 is 0 Å². The molecular formula is C14H16N4O. The molecule has 2 aromatic rings. The molecule has 1 aliphatic heterocycles. The Labute approximate surface area is 112 Å². The maximum Gasteiger partial charge on any atom is 0.225 e. The van der Waals surface area contributed by atoms with Crippen LogP contribution >= 0.6 is 0 Å². The minimum absolute atomic E-state index is 0.244. The van der Waals surface area contributed by atoms with Gasteiger partial charge in [-0.3, -0.25) is 0 Å². The molecule has 1 aromatic carbocycles. The van der Waals surface area contributed by atoms with Gasteiger partial charge in [0, 0.05) is 19.2 Å². The number of ether oxygens (including phenoxy) is 1. The van der Waals surface area contributed by atoms with E-state index in [0.717, 1.165) is 25.3 Å². The molecule has 2 heterocycles. The number of fused-ring (bicyclic) bond motifs is 1. The molecule has 0 atom stereocenters. The van der Waals surface area contributed by atoms with Crippen molar-refractivity contribution in [3.63, 3.8) is 0 Å². The van der Waals surface area contributed by atoms with Gasteiger partial charge in [-0.2, -0.15) is 9.97 Å². The van der Waals surface area contributed by atoms with E-state index in [4.69, 9.17) is 10.5 Å². The monoisotopic (exact) mass is 256 g/mol. The van der Waals surface area contributed by atoms with Crippen LogP contribution in [0.3, 0.4) is 0 Å². The standard InChI is InChI=1S/C14H16N4O/c1-19-13-8-12(16-14(15)17-13)18-7-6-10-4-2-3-5-11(10)9-18/h2-5,8H,6-7,9H2,1H3,(H2,15,16,17). The summed E-state index contributed by atoms with van der Waals surface area (Å²) >= 11 is 0. The van der Waals surface area contributed by atoms with Gasteiger partial charge in [-0.25, -0.2) is 0 Å². The number of benzene rings is 1. The zero-order valence-electron chi connectivity index (χ0n) is 10.8. The van der Waals surface area contributed by atoms with Gasteiger partial charge in [0.2, 0.25) is 11.8 Å². The fourth-order valence-corrected chi connectivity index (χ4v) is 2.39. The molecule has 5 nitrogen and oxygen atoms in total. The number of nitrogens with zero attached hydrogens (tertiary/aromatic N) is 3. The van der Waals surface area contributed by atoms with Crippen LogP contribution in [0.5, 0.6) is 5.88 Å². The van der Waals surface area contributed by atoms with Crippen LogP contribution in [0.1, 0.15) is 11.1 Å². The molecule has 1 aliphatic rings. The van der Waals surface area contributed by atoms with Crippen LogP contribution in [0.25, 0.3) is 0 Å². The van der Waals surface area contributed by atoms with E-state index in [9.17, 15) is 0 Å². The van der Waals surface area contributed by atoms with Crippen molar-refractivity contribution in [3.05, 3.63) is 41.5 Å². The van der Waals surface area contributed by atoms with Crippen molar-refractivity contribution in [2.24, 2.45) is 0 Å². The lowest BCUT2D eigenvalue weighted by molar-refractivity contribution is 0.397. The lowest BCUT2D eigenvalue weighted by Crippen LogP contribution is -2.31. The SMILES string of the molecule is COc1cc(N2CCc3ccccc3C2)nc(N)n1. The Kier molecular flexibility index (Phi) is 2.95. The number of hydrogen-bond acceptors (Lipinski definition) is 5. The highest BCUT2D eigenvalue weighted by atomic mass is 16.5. The van der Waals surface area contributed by atoms with Crippen molar-refractivity contribution in [1.29, 1.82) is 0 Å². The topological polar surface area (TPSA) is 64.3 Å². The summed E-state index contributed by atoms with van der Waals surface area (Å²) in [5, 5.41) is 0. The van der Waals surface area contributed by atoms with E-state index in [-0.39, 0.29) is 5.95 Å². The number of methoxy groups -OCH3 is 1. The number of nitrogen functional groups attached to an aromatic ring is 1. The van der Waals surface area contributed by atoms with Crippen LogP contribution in [-0.2, 0) is 13.0 Å². The molecule has 0 aliphatic carbocycles. The molecule has 0 saturated heterocycles. The highest BCUT2D eigenvalue weighted by molar-refractivity contribution is 5.48. The zero-order valence-corrected chi connectivity index (χ0v) is 10.8. The average Bonchev–Trinajstić information content (AvgIpc) is 2.46. The van der Waals surface area contributed by atoms with Crippen molar-refractivity contribution in [2.75, 3.05) is 24.3 Å². The summed E-state index contributed by atoms with van der Waals surface area (Å²) in [6, 6.07) is 10.3. The van der Waals surface area contributed by atoms with Crippen LogP contribution < -0.4 is 15.4 Å². The summed E-state index contributed by atoms with van der Waals surface area (Å²) in [6.07, 6.45) is 1.02. The van der Waals surface area contributed by atoms with Crippen LogP contribution in [-0.4, -0.2) is 23.6 Å². The van der Waals surface area contributed by atoms with Gasteiger partial charge in [0.25, 0.3) is 0 Å². The molecular weight excluding hydrogens is 240 g/mol. The molecule has 0 spiro atoms. The van der Waals surface area contributed by atoms with Crippen molar-refractivity contribution >= 4 is 11.8 Å². The number of aromatic nitrogens is 2. The third-order valence-corrected chi connectivity index (χ3v) is 3.37. The quantitative estimate of drug-likeness (QED) is 0.884. The fourth-order valence-electron chi connectivity index (χ4n) is 2.39. The number of anilines is 2. The van der Waals surface area contributed by atoms with Crippen LogP contribution in [0.4, 0.5) is 11.8 Å². The fraction of sp³-hybridized carbons (Fsp3) is 0.286. The molecule has 0 unspecified atom stereocenters. The first-order chi connectivity index (χ1) is 9.26. The van der Waals surface area contributed by atoms with E-state index in [0.29, 0.717) is 5.88 Å². The number of nitrogens with two attached hydrogens (primary N) is 1. The van der Waals surface area contributed by atoms with Crippen LogP contribution in [0.15, 0.2) is 30.3 Å². The highest BCUT2D eigenvalue weighted by Crippen LogP contribution is 2.25. The maximum absolute atomic E-state index is 5.71. The second-order valence-corrected chi connectivity index (χ2v) is 4.57. The minimum atomic E-state index is 0.244. The maximum atomic E-state index is 5.71. The molecule has 0 fully saturated rings. The summed E-state index contributed by atoms with van der Waals surface area (Å²) < 4.78 is 5.14. The smallest absolute Gasteiger partial charge is 0.225 e. The van der Waals surface area contributed by atoms with Gasteiger partial charge in [-0.15, -0.1) is 0 Å². The van der Waals surface area contributed by atoms with Gasteiger partial charge in [-0.05, 0) is 17.5 Å². The highest BCUT2D eigenvalue weighted by Gasteiger charge is 2.18. The molecule has 0 amide bonds. The molecule has 98 valence electrons. The van der Waals surface area contributed by atoms with Gasteiger partial charge in [0.05, 0.1) is 7.11 Å². The molecule has 19 heavy (non-hydrogen) atoms. The Morgan fingerprint density at radius 1 is 1.21 bits per heavy atom. The van der Waals surface area contributed by atoms with E-state index in [1.54, 1.807) is 7.11 Å². The molecule has 0 bridgehead atoms. The van der Waals surface area contributed by atoms with Gasteiger partial charge in [0.1, 0.15) is 5.82 Å². The predicted octanol–water partition coefficient (Wildman–Crippen LogP) is 1.63. The lowest BCUT2D eigenvalue weighted by atomic mass is 10.00. The zero-order chi connectivity index (χ0) is 13.2. The van der Waals surface area contributed by atoms with E-state index in [1.165, 1.54) is 11.1 Å². The van der Waals surface area contributed by atoms with E-state index in [1.807, 2.05) is 6.07 Å². The van der Waals surface area contributed by atoms with Crippen molar-refractivity contribution < 1.29 is 4.74 Å². The first-order valence-corrected chi connectivity index (χ1v) is 6.26. The molecule has 0 radical (unpaired) electrons. The van der Waals surface area contributed by atoms with E-state index in [2.05, 4.69) is 39.1 Å². The second kappa shape index (κ2) is 4.76. The third kappa shape index (κ3) is 2.31. The van der Waals surface area contributed by atoms with Gasteiger partial charge < -0.3 is 15.4 Å². The van der Waals surface area contributed by atoms with Crippen LogP contribution in [0.2, 0.25) is 0 Å². The minimum Gasteiger partial charge on any atom is -0.481 e. The van der Waals surface area contributed by atoms with Crippen LogP contribution in [0, 0.1) is 0 Å². The van der Waals surface area contributed by atoms with Gasteiger partial charge in [0.15, 0.2) is 0 Å². The summed E-state index contributed by atoms with van der Waals surface area (Å²) in [5.41, 5.74) is 8.46. The Hall–Kier alpha value is -2.30. The lowest BCUT2D eigenvalue weighted by Gasteiger charge is -2.29. The molecule has 1 aromatic heterocycles.